The summed E-state index contributed by atoms with van der Waals surface area (Å²) in [6.45, 7) is 0.957. The first-order valence-electron chi connectivity index (χ1n) is 5.72. The van der Waals surface area contributed by atoms with Crippen LogP contribution in [0.15, 0.2) is 0 Å². The van der Waals surface area contributed by atoms with Gasteiger partial charge in [0.2, 0.25) is 5.91 Å². The Morgan fingerprint density at radius 1 is 1.14 bits per heavy atom. The summed E-state index contributed by atoms with van der Waals surface area (Å²) in [6.07, 6.45) is -0.477. The first kappa shape index (κ1) is 21.7. The van der Waals surface area contributed by atoms with Crippen LogP contribution in [0.1, 0.15) is 25.7 Å². The molecule has 10 heteroatoms. The van der Waals surface area contributed by atoms with Gasteiger partial charge in [-0.05, 0) is 6.42 Å². The predicted octanol–water partition coefficient (Wildman–Crippen LogP) is -1.66. The van der Waals surface area contributed by atoms with Crippen molar-refractivity contribution in [3.05, 3.63) is 0 Å². The summed E-state index contributed by atoms with van der Waals surface area (Å²) < 4.78 is 0. The molecular weight excluding hydrogens is 281 g/mol. The van der Waals surface area contributed by atoms with E-state index in [0.29, 0.717) is 5.91 Å². The van der Waals surface area contributed by atoms with Crippen molar-refractivity contribution in [3.8, 4) is 0 Å². The molecule has 1 amide bonds. The minimum absolute atomic E-state index is 0. The maximum atomic E-state index is 10.5. The Hall–Kier alpha value is -1.56. The Morgan fingerprint density at radius 2 is 1.57 bits per heavy atom. The van der Waals surface area contributed by atoms with E-state index in [1.165, 1.54) is 0 Å². The van der Waals surface area contributed by atoms with E-state index in [9.17, 15) is 19.2 Å². The fourth-order valence-electron chi connectivity index (χ4n) is 1.50. The van der Waals surface area contributed by atoms with Crippen molar-refractivity contribution in [2.75, 3.05) is 13.6 Å². The predicted molar refractivity (Wildman–Crippen MR) is 71.1 cm³/mol. The van der Waals surface area contributed by atoms with Crippen LogP contribution in [0.25, 0.3) is 0 Å². The van der Waals surface area contributed by atoms with Crippen LogP contribution in [0.5, 0.6) is 0 Å². The Labute approximate surface area is 132 Å². The molecule has 0 atom stereocenters. The zero-order valence-electron chi connectivity index (χ0n) is 10.9. The van der Waals surface area contributed by atoms with Crippen LogP contribution in [0, 0.1) is 0 Å². The van der Waals surface area contributed by atoms with E-state index in [4.69, 9.17) is 20.4 Å². The third-order valence-corrected chi connectivity index (χ3v) is 2.60. The summed E-state index contributed by atoms with van der Waals surface area (Å²) in [6, 6.07) is 0. The van der Waals surface area contributed by atoms with Crippen LogP contribution in [0.4, 0.5) is 0 Å². The van der Waals surface area contributed by atoms with E-state index in [-0.39, 0.29) is 18.9 Å². The summed E-state index contributed by atoms with van der Waals surface area (Å²) in [7, 11) is 1.84. The molecule has 9 nitrogen and oxygen atoms in total. The molecule has 1 aliphatic rings. The molecular formula is C11H18LiNO8. The standard InChI is InChI=1S/C6H8O7.C5H9NO.Li.H/c7-3(8)1-6(13,5(11)12)2-4(9)10;1-6-4-2-3-5(6)7;;/h13H,1-2H2,(H,7,8)(H,9,10)(H,11,12);2-4H2,1H3;;. The SMILES string of the molecule is CN1CCCC1=O.O=C(O)CC(O)(CC(=O)O)C(=O)O.[LiH]. The van der Waals surface area contributed by atoms with E-state index < -0.39 is 36.4 Å². The molecule has 1 fully saturated rings. The van der Waals surface area contributed by atoms with E-state index in [1.807, 2.05) is 7.05 Å². The zero-order chi connectivity index (χ0) is 15.9. The van der Waals surface area contributed by atoms with Crippen LogP contribution < -0.4 is 0 Å². The van der Waals surface area contributed by atoms with E-state index in [1.54, 1.807) is 4.90 Å². The number of carbonyl (C=O) groups is 4. The van der Waals surface area contributed by atoms with Crippen LogP contribution in [0.3, 0.4) is 0 Å². The van der Waals surface area contributed by atoms with Gasteiger partial charge in [-0.25, -0.2) is 4.79 Å². The second kappa shape index (κ2) is 9.39. The molecule has 0 bridgehead atoms. The molecule has 0 radical (unpaired) electrons. The van der Waals surface area contributed by atoms with Gasteiger partial charge in [0.05, 0.1) is 12.8 Å². The van der Waals surface area contributed by atoms with Crippen molar-refractivity contribution < 1.29 is 39.6 Å². The van der Waals surface area contributed by atoms with Gasteiger partial charge in [0.1, 0.15) is 0 Å². The molecule has 21 heavy (non-hydrogen) atoms. The Kier molecular flexibility index (Phi) is 9.71. The molecule has 0 aliphatic carbocycles. The van der Waals surface area contributed by atoms with E-state index in [0.717, 1.165) is 19.4 Å². The number of likely N-dealkylation sites (tertiary alicyclic amines) is 1. The number of carbonyl (C=O) groups excluding carboxylic acids is 1. The molecule has 1 aliphatic heterocycles. The molecule has 4 N–H and O–H groups in total. The normalized spacial score (nSPS) is 13.8. The number of amides is 1. The summed E-state index contributed by atoms with van der Waals surface area (Å²) in [4.78, 5) is 42.7. The second-order valence-corrected chi connectivity index (χ2v) is 4.40. The molecule has 116 valence electrons. The fourth-order valence-corrected chi connectivity index (χ4v) is 1.50. The van der Waals surface area contributed by atoms with Crippen LogP contribution >= 0.6 is 0 Å². The molecule has 0 aromatic heterocycles. The zero-order valence-corrected chi connectivity index (χ0v) is 10.9. The number of hydrogen-bond acceptors (Lipinski definition) is 5. The van der Waals surface area contributed by atoms with Crippen LogP contribution in [-0.4, -0.2) is 87.2 Å². The number of carboxylic acids is 3. The molecule has 1 saturated heterocycles. The average Bonchev–Trinajstić information content (AvgIpc) is 2.61. The molecule has 0 aromatic rings. The fraction of sp³-hybridized carbons (Fsp3) is 0.636. The first-order valence-corrected chi connectivity index (χ1v) is 5.72. The van der Waals surface area contributed by atoms with Crippen molar-refractivity contribution in [2.24, 2.45) is 0 Å². The Bertz CT molecular complexity index is 395. The van der Waals surface area contributed by atoms with Gasteiger partial charge in [-0.2, -0.15) is 0 Å². The molecule has 0 unspecified atom stereocenters. The average molecular weight is 299 g/mol. The number of hydrogen-bond donors (Lipinski definition) is 4. The van der Waals surface area contributed by atoms with Gasteiger partial charge >= 0.3 is 36.8 Å². The number of aliphatic carboxylic acids is 3. The van der Waals surface area contributed by atoms with Gasteiger partial charge in [0.15, 0.2) is 5.60 Å². The number of carboxylic acid groups (broad SMARTS) is 3. The topological polar surface area (TPSA) is 152 Å². The summed E-state index contributed by atoms with van der Waals surface area (Å²) >= 11 is 0. The quantitative estimate of drug-likeness (QED) is 0.440. The summed E-state index contributed by atoms with van der Waals surface area (Å²) in [5.74, 6) is -4.73. The Morgan fingerprint density at radius 3 is 1.71 bits per heavy atom. The number of rotatable bonds is 5. The van der Waals surface area contributed by atoms with Gasteiger partial charge in [-0.1, -0.05) is 0 Å². The van der Waals surface area contributed by atoms with Gasteiger partial charge in [0.25, 0.3) is 0 Å². The number of nitrogens with zero attached hydrogens (tertiary/aromatic N) is 1. The maximum absolute atomic E-state index is 10.5. The molecule has 1 rings (SSSR count). The van der Waals surface area contributed by atoms with Crippen molar-refractivity contribution in [1.29, 1.82) is 0 Å². The molecule has 0 spiro atoms. The van der Waals surface area contributed by atoms with Crippen molar-refractivity contribution in [2.45, 2.75) is 31.3 Å². The van der Waals surface area contributed by atoms with Gasteiger partial charge in [-0.3, -0.25) is 14.4 Å². The monoisotopic (exact) mass is 299 g/mol. The van der Waals surface area contributed by atoms with Gasteiger partial charge < -0.3 is 25.3 Å². The van der Waals surface area contributed by atoms with Crippen LogP contribution in [0.2, 0.25) is 0 Å². The van der Waals surface area contributed by atoms with Gasteiger partial charge in [0, 0.05) is 20.0 Å². The van der Waals surface area contributed by atoms with E-state index >= 15 is 0 Å². The van der Waals surface area contributed by atoms with Crippen molar-refractivity contribution in [3.63, 3.8) is 0 Å². The third-order valence-electron chi connectivity index (χ3n) is 2.60. The molecule has 0 saturated carbocycles. The Balaban J connectivity index is 0. The second-order valence-electron chi connectivity index (χ2n) is 4.40. The minimum atomic E-state index is -2.74. The summed E-state index contributed by atoms with van der Waals surface area (Å²) in [5, 5.41) is 33.8. The first-order chi connectivity index (χ1) is 9.08. The molecule has 1 heterocycles. The van der Waals surface area contributed by atoms with Crippen molar-refractivity contribution in [1.82, 2.24) is 4.90 Å². The van der Waals surface area contributed by atoms with Crippen molar-refractivity contribution >= 4 is 42.7 Å². The molecule has 0 aromatic carbocycles. The summed E-state index contributed by atoms with van der Waals surface area (Å²) in [5.41, 5.74) is -2.74. The van der Waals surface area contributed by atoms with Crippen LogP contribution in [-0.2, 0) is 19.2 Å². The van der Waals surface area contributed by atoms with Gasteiger partial charge in [-0.15, -0.1) is 0 Å². The van der Waals surface area contributed by atoms with E-state index in [2.05, 4.69) is 0 Å². The third kappa shape index (κ3) is 8.34. The number of aliphatic hydroxyl groups is 1.